The Morgan fingerprint density at radius 3 is 2.94 bits per heavy atom. The van der Waals surface area contributed by atoms with Gasteiger partial charge in [0.15, 0.2) is 0 Å². The molecule has 2 saturated heterocycles. The SMILES string of the molecule is NC(Cc1cc(F)ccc1Cl)C1CC2CCC1O2. The first-order valence-corrected chi connectivity index (χ1v) is 6.86. The highest BCUT2D eigenvalue weighted by Crippen LogP contribution is 2.40. The Bertz CT molecular complexity index is 453. The van der Waals surface area contributed by atoms with Gasteiger partial charge in [-0.05, 0) is 49.4 Å². The second kappa shape index (κ2) is 4.80. The Labute approximate surface area is 111 Å². The van der Waals surface area contributed by atoms with Crippen molar-refractivity contribution in [3.63, 3.8) is 0 Å². The third kappa shape index (κ3) is 2.27. The minimum atomic E-state index is -0.259. The van der Waals surface area contributed by atoms with E-state index >= 15 is 0 Å². The van der Waals surface area contributed by atoms with Crippen LogP contribution in [-0.2, 0) is 11.2 Å². The van der Waals surface area contributed by atoms with Crippen molar-refractivity contribution in [3.8, 4) is 0 Å². The summed E-state index contributed by atoms with van der Waals surface area (Å²) in [4.78, 5) is 0. The van der Waals surface area contributed by atoms with Crippen molar-refractivity contribution in [1.29, 1.82) is 0 Å². The molecule has 2 aliphatic rings. The molecule has 3 rings (SSSR count). The van der Waals surface area contributed by atoms with E-state index in [1.165, 1.54) is 12.1 Å². The van der Waals surface area contributed by atoms with Gasteiger partial charge in [-0.1, -0.05) is 11.6 Å². The molecule has 0 spiro atoms. The van der Waals surface area contributed by atoms with Crippen LogP contribution in [-0.4, -0.2) is 18.2 Å². The summed E-state index contributed by atoms with van der Waals surface area (Å²) in [6, 6.07) is 4.45. The maximum Gasteiger partial charge on any atom is 0.123 e. The minimum absolute atomic E-state index is 0.000370. The number of halogens is 2. The van der Waals surface area contributed by atoms with Crippen molar-refractivity contribution < 1.29 is 9.13 Å². The predicted octanol–water partition coefficient (Wildman–Crippen LogP) is 2.92. The van der Waals surface area contributed by atoms with E-state index in [9.17, 15) is 4.39 Å². The van der Waals surface area contributed by atoms with Crippen LogP contribution in [0, 0.1) is 11.7 Å². The molecule has 2 aliphatic heterocycles. The minimum Gasteiger partial charge on any atom is -0.375 e. The van der Waals surface area contributed by atoms with Crippen LogP contribution in [0.15, 0.2) is 18.2 Å². The quantitative estimate of drug-likeness (QED) is 0.916. The van der Waals surface area contributed by atoms with Gasteiger partial charge >= 0.3 is 0 Å². The van der Waals surface area contributed by atoms with Gasteiger partial charge in [0.2, 0.25) is 0 Å². The molecule has 4 atom stereocenters. The van der Waals surface area contributed by atoms with Gasteiger partial charge in [0.1, 0.15) is 5.82 Å². The first-order valence-electron chi connectivity index (χ1n) is 6.48. The molecule has 18 heavy (non-hydrogen) atoms. The van der Waals surface area contributed by atoms with Crippen LogP contribution in [0.25, 0.3) is 0 Å². The highest BCUT2D eigenvalue weighted by molar-refractivity contribution is 6.31. The van der Waals surface area contributed by atoms with Gasteiger partial charge in [-0.25, -0.2) is 4.39 Å². The fourth-order valence-corrected chi connectivity index (χ4v) is 3.43. The fraction of sp³-hybridized carbons (Fsp3) is 0.571. The van der Waals surface area contributed by atoms with Gasteiger partial charge in [0.05, 0.1) is 12.2 Å². The van der Waals surface area contributed by atoms with Gasteiger partial charge in [-0.2, -0.15) is 0 Å². The number of hydrogen-bond donors (Lipinski definition) is 1. The number of benzene rings is 1. The van der Waals surface area contributed by atoms with Gasteiger partial charge < -0.3 is 10.5 Å². The molecular formula is C14H17ClFNO. The van der Waals surface area contributed by atoms with Crippen LogP contribution >= 0.6 is 11.6 Å². The number of ether oxygens (including phenoxy) is 1. The molecule has 2 nitrogen and oxygen atoms in total. The topological polar surface area (TPSA) is 35.2 Å². The van der Waals surface area contributed by atoms with Gasteiger partial charge in [-0.3, -0.25) is 0 Å². The van der Waals surface area contributed by atoms with E-state index < -0.39 is 0 Å². The third-order valence-electron chi connectivity index (χ3n) is 4.17. The van der Waals surface area contributed by atoms with Crippen molar-refractivity contribution in [1.82, 2.24) is 0 Å². The standard InChI is InChI=1S/C14H17ClFNO/c15-12-3-1-9(16)5-8(12)6-13(17)11-7-10-2-4-14(11)18-10/h1,3,5,10-11,13-14H,2,4,6-7,17H2. The Balaban J connectivity index is 1.70. The summed E-state index contributed by atoms with van der Waals surface area (Å²) in [5.41, 5.74) is 7.05. The number of nitrogens with two attached hydrogens (primary N) is 1. The number of rotatable bonds is 3. The van der Waals surface area contributed by atoms with E-state index in [2.05, 4.69) is 0 Å². The normalized spacial score (nSPS) is 31.8. The molecule has 2 heterocycles. The summed E-state index contributed by atoms with van der Waals surface area (Å²) < 4.78 is 19.0. The highest BCUT2D eigenvalue weighted by Gasteiger charge is 2.43. The molecule has 0 saturated carbocycles. The molecule has 1 aromatic rings. The second-order valence-corrected chi connectivity index (χ2v) is 5.78. The lowest BCUT2D eigenvalue weighted by molar-refractivity contribution is 0.0885. The lowest BCUT2D eigenvalue weighted by Gasteiger charge is -2.25. The van der Waals surface area contributed by atoms with Crippen molar-refractivity contribution in [2.75, 3.05) is 0 Å². The average molecular weight is 270 g/mol. The number of hydrogen-bond acceptors (Lipinski definition) is 2. The summed E-state index contributed by atoms with van der Waals surface area (Å²) in [6.45, 7) is 0. The third-order valence-corrected chi connectivity index (χ3v) is 4.54. The molecule has 0 radical (unpaired) electrons. The summed E-state index contributed by atoms with van der Waals surface area (Å²) in [5, 5.41) is 0.593. The molecule has 98 valence electrons. The van der Waals surface area contributed by atoms with Crippen LogP contribution in [0.4, 0.5) is 4.39 Å². The zero-order chi connectivity index (χ0) is 12.7. The largest absolute Gasteiger partial charge is 0.375 e. The summed E-state index contributed by atoms with van der Waals surface area (Å²) in [6.07, 6.45) is 4.63. The summed E-state index contributed by atoms with van der Waals surface area (Å²) in [5.74, 6) is 0.133. The maximum absolute atomic E-state index is 13.2. The molecule has 2 fully saturated rings. The van der Waals surface area contributed by atoms with Crippen molar-refractivity contribution in [2.24, 2.45) is 11.7 Å². The van der Waals surface area contributed by atoms with Crippen LogP contribution in [0.3, 0.4) is 0 Å². The zero-order valence-electron chi connectivity index (χ0n) is 10.1. The molecule has 4 unspecified atom stereocenters. The first kappa shape index (κ1) is 12.4. The van der Waals surface area contributed by atoms with E-state index in [0.29, 0.717) is 29.6 Å². The van der Waals surface area contributed by atoms with Crippen LogP contribution in [0.1, 0.15) is 24.8 Å². The zero-order valence-corrected chi connectivity index (χ0v) is 10.9. The molecule has 4 heteroatoms. The van der Waals surface area contributed by atoms with E-state index in [1.54, 1.807) is 6.07 Å². The van der Waals surface area contributed by atoms with Crippen LogP contribution in [0.2, 0.25) is 5.02 Å². The van der Waals surface area contributed by atoms with E-state index in [4.69, 9.17) is 22.1 Å². The van der Waals surface area contributed by atoms with Crippen LogP contribution in [0.5, 0.6) is 0 Å². The summed E-state index contributed by atoms with van der Waals surface area (Å²) in [7, 11) is 0. The molecule has 2 bridgehead atoms. The van der Waals surface area contributed by atoms with Crippen molar-refractivity contribution in [2.45, 2.75) is 43.9 Å². The molecule has 2 N–H and O–H groups in total. The van der Waals surface area contributed by atoms with Gasteiger partial charge in [0.25, 0.3) is 0 Å². The predicted molar refractivity (Wildman–Crippen MR) is 69.1 cm³/mol. The first-order chi connectivity index (χ1) is 8.63. The molecule has 1 aromatic carbocycles. The Morgan fingerprint density at radius 2 is 2.28 bits per heavy atom. The average Bonchev–Trinajstić information content (AvgIpc) is 2.96. The highest BCUT2D eigenvalue weighted by atomic mass is 35.5. The van der Waals surface area contributed by atoms with E-state index in [1.807, 2.05) is 0 Å². The number of fused-ring (bicyclic) bond motifs is 2. The fourth-order valence-electron chi connectivity index (χ4n) is 3.23. The lowest BCUT2D eigenvalue weighted by atomic mass is 9.82. The second-order valence-electron chi connectivity index (χ2n) is 5.38. The Kier molecular flexibility index (Phi) is 3.31. The maximum atomic E-state index is 13.2. The van der Waals surface area contributed by atoms with Gasteiger partial charge in [-0.15, -0.1) is 0 Å². The molecule has 0 amide bonds. The van der Waals surface area contributed by atoms with Crippen molar-refractivity contribution >= 4 is 11.6 Å². The molecule has 0 aromatic heterocycles. The van der Waals surface area contributed by atoms with Crippen LogP contribution < -0.4 is 5.73 Å². The monoisotopic (exact) mass is 269 g/mol. The van der Waals surface area contributed by atoms with Crippen molar-refractivity contribution in [3.05, 3.63) is 34.6 Å². The van der Waals surface area contributed by atoms with E-state index in [0.717, 1.165) is 24.8 Å². The Hall–Kier alpha value is -0.640. The Morgan fingerprint density at radius 1 is 1.44 bits per heavy atom. The molecule has 0 aliphatic carbocycles. The summed E-state index contributed by atoms with van der Waals surface area (Å²) >= 11 is 6.07. The van der Waals surface area contributed by atoms with Gasteiger partial charge in [0, 0.05) is 17.0 Å². The lowest BCUT2D eigenvalue weighted by Crippen LogP contribution is -2.38. The van der Waals surface area contributed by atoms with E-state index in [-0.39, 0.29) is 11.9 Å². The molecular weight excluding hydrogens is 253 g/mol. The smallest absolute Gasteiger partial charge is 0.123 e.